The van der Waals surface area contributed by atoms with Crippen LogP contribution in [0.25, 0.3) is 0 Å². The molecule has 2 rings (SSSR count). The molecule has 1 nitrogen and oxygen atoms in total. The molecule has 0 radical (unpaired) electrons. The van der Waals surface area contributed by atoms with Crippen molar-refractivity contribution in [3.05, 3.63) is 68.6 Å². The first-order valence-electron chi connectivity index (χ1n) is 5.82. The standard InChI is InChI=1S/C15H10Br4O/c16-11-5-1-9(2-6-11)13(18)14(19)15(20)10-3-7-12(17)8-4-10/h1-8,13-14H. The van der Waals surface area contributed by atoms with Crippen molar-refractivity contribution < 1.29 is 4.79 Å². The maximum Gasteiger partial charge on any atom is 0.177 e. The van der Waals surface area contributed by atoms with E-state index in [1.165, 1.54) is 0 Å². The summed E-state index contributed by atoms with van der Waals surface area (Å²) in [6.07, 6.45) is 0. The second kappa shape index (κ2) is 7.34. The minimum absolute atomic E-state index is 0.0577. The predicted molar refractivity (Wildman–Crippen MR) is 97.0 cm³/mol. The zero-order chi connectivity index (χ0) is 14.7. The number of rotatable bonds is 4. The number of halogens is 4. The van der Waals surface area contributed by atoms with E-state index in [0.717, 1.165) is 14.5 Å². The summed E-state index contributed by atoms with van der Waals surface area (Å²) in [6.45, 7) is 0. The van der Waals surface area contributed by atoms with Crippen LogP contribution in [-0.4, -0.2) is 10.6 Å². The predicted octanol–water partition coefficient (Wildman–Crippen LogP) is 6.29. The number of ketones is 1. The van der Waals surface area contributed by atoms with Gasteiger partial charge in [0, 0.05) is 14.5 Å². The second-order valence-corrected chi connectivity index (χ2v) is 8.03. The first-order chi connectivity index (χ1) is 9.49. The molecule has 0 spiro atoms. The van der Waals surface area contributed by atoms with Gasteiger partial charge in [-0.2, -0.15) is 0 Å². The van der Waals surface area contributed by atoms with Gasteiger partial charge in [-0.1, -0.05) is 88.0 Å². The van der Waals surface area contributed by atoms with E-state index < -0.39 is 0 Å². The van der Waals surface area contributed by atoms with Crippen LogP contribution in [0.3, 0.4) is 0 Å². The van der Waals surface area contributed by atoms with Crippen LogP contribution in [0.1, 0.15) is 20.7 Å². The average molecular weight is 526 g/mol. The van der Waals surface area contributed by atoms with Crippen LogP contribution in [0.4, 0.5) is 0 Å². The Kier molecular flexibility index (Phi) is 6.02. The third kappa shape index (κ3) is 4.03. The third-order valence-corrected chi connectivity index (χ3v) is 6.59. The fraction of sp³-hybridized carbons (Fsp3) is 0.133. The van der Waals surface area contributed by atoms with E-state index in [0.29, 0.717) is 5.56 Å². The fourth-order valence-corrected chi connectivity index (χ4v) is 3.37. The van der Waals surface area contributed by atoms with Gasteiger partial charge in [0.05, 0.1) is 9.65 Å². The molecule has 20 heavy (non-hydrogen) atoms. The Balaban J connectivity index is 2.17. The Morgan fingerprint density at radius 1 is 0.800 bits per heavy atom. The number of carbonyl (C=O) groups is 1. The molecule has 2 unspecified atom stereocenters. The van der Waals surface area contributed by atoms with Gasteiger partial charge in [0.25, 0.3) is 0 Å². The number of hydrogen-bond acceptors (Lipinski definition) is 1. The molecule has 0 aromatic heterocycles. The molecule has 0 aliphatic heterocycles. The van der Waals surface area contributed by atoms with Crippen molar-refractivity contribution in [2.75, 3.05) is 0 Å². The van der Waals surface area contributed by atoms with Crippen LogP contribution >= 0.6 is 63.7 Å². The molecule has 0 saturated carbocycles. The van der Waals surface area contributed by atoms with E-state index in [2.05, 4.69) is 63.7 Å². The van der Waals surface area contributed by atoms with Crippen molar-refractivity contribution in [3.8, 4) is 0 Å². The molecule has 2 atom stereocenters. The maximum atomic E-state index is 12.4. The zero-order valence-electron chi connectivity index (χ0n) is 10.2. The van der Waals surface area contributed by atoms with Crippen molar-refractivity contribution >= 4 is 69.5 Å². The van der Waals surface area contributed by atoms with E-state index in [1.807, 2.05) is 48.5 Å². The van der Waals surface area contributed by atoms with Crippen molar-refractivity contribution in [2.45, 2.75) is 9.65 Å². The number of carbonyl (C=O) groups excluding carboxylic acids is 1. The van der Waals surface area contributed by atoms with Crippen LogP contribution in [-0.2, 0) is 0 Å². The minimum Gasteiger partial charge on any atom is -0.293 e. The zero-order valence-corrected chi connectivity index (χ0v) is 16.5. The van der Waals surface area contributed by atoms with Gasteiger partial charge < -0.3 is 0 Å². The highest BCUT2D eigenvalue weighted by molar-refractivity contribution is 9.12. The summed E-state index contributed by atoms with van der Waals surface area (Å²) in [6, 6.07) is 15.3. The Bertz CT molecular complexity index is 592. The number of alkyl halides is 2. The molecule has 0 aliphatic rings. The van der Waals surface area contributed by atoms with Gasteiger partial charge in [0.2, 0.25) is 0 Å². The summed E-state index contributed by atoms with van der Waals surface area (Å²) in [4.78, 5) is 12.0. The molecular formula is C15H10Br4O. The molecule has 0 bridgehead atoms. The normalized spacial score (nSPS) is 13.8. The van der Waals surface area contributed by atoms with Gasteiger partial charge >= 0.3 is 0 Å². The molecule has 5 heteroatoms. The highest BCUT2D eigenvalue weighted by atomic mass is 79.9. The first-order valence-corrected chi connectivity index (χ1v) is 9.24. The van der Waals surface area contributed by atoms with E-state index >= 15 is 0 Å². The summed E-state index contributed by atoms with van der Waals surface area (Å²) < 4.78 is 1.98. The average Bonchev–Trinajstić information content (AvgIpc) is 2.46. The summed E-state index contributed by atoms with van der Waals surface area (Å²) in [7, 11) is 0. The molecular weight excluding hydrogens is 516 g/mol. The molecule has 0 N–H and O–H groups in total. The van der Waals surface area contributed by atoms with Crippen LogP contribution in [0.2, 0.25) is 0 Å². The fourth-order valence-electron chi connectivity index (χ4n) is 1.72. The van der Waals surface area contributed by atoms with Gasteiger partial charge in [-0.05, 0) is 29.8 Å². The lowest BCUT2D eigenvalue weighted by Crippen LogP contribution is -2.19. The highest BCUT2D eigenvalue weighted by Gasteiger charge is 2.25. The summed E-state index contributed by atoms with van der Waals surface area (Å²) >= 11 is 13.9. The van der Waals surface area contributed by atoms with Gasteiger partial charge in [-0.25, -0.2) is 0 Å². The van der Waals surface area contributed by atoms with Crippen LogP contribution in [0, 0.1) is 0 Å². The number of Topliss-reactive ketones (excluding diaryl/α,β-unsaturated/α-hetero) is 1. The molecule has 0 aliphatic carbocycles. The van der Waals surface area contributed by atoms with E-state index in [-0.39, 0.29) is 15.4 Å². The monoisotopic (exact) mass is 522 g/mol. The maximum absolute atomic E-state index is 12.4. The van der Waals surface area contributed by atoms with Crippen LogP contribution in [0.5, 0.6) is 0 Å². The first kappa shape index (κ1) is 16.4. The van der Waals surface area contributed by atoms with Crippen molar-refractivity contribution in [1.82, 2.24) is 0 Å². The van der Waals surface area contributed by atoms with Gasteiger partial charge in [-0.15, -0.1) is 0 Å². The Labute approximate surface area is 151 Å². The summed E-state index contributed by atoms with van der Waals surface area (Å²) in [5.41, 5.74) is 1.75. The lowest BCUT2D eigenvalue weighted by molar-refractivity contribution is 0.0991. The smallest absolute Gasteiger partial charge is 0.177 e. The largest absolute Gasteiger partial charge is 0.293 e. The van der Waals surface area contributed by atoms with Gasteiger partial charge in [0.1, 0.15) is 0 Å². The van der Waals surface area contributed by atoms with E-state index in [9.17, 15) is 4.79 Å². The van der Waals surface area contributed by atoms with Crippen molar-refractivity contribution in [2.24, 2.45) is 0 Å². The number of benzene rings is 2. The van der Waals surface area contributed by atoms with E-state index in [4.69, 9.17) is 0 Å². The Morgan fingerprint density at radius 3 is 1.75 bits per heavy atom. The Morgan fingerprint density at radius 2 is 1.25 bits per heavy atom. The summed E-state index contributed by atoms with van der Waals surface area (Å²) in [5, 5.41) is 0. The van der Waals surface area contributed by atoms with Crippen molar-refractivity contribution in [1.29, 1.82) is 0 Å². The van der Waals surface area contributed by atoms with Crippen LogP contribution in [0.15, 0.2) is 57.5 Å². The SMILES string of the molecule is O=C(c1ccc(Br)cc1)C(Br)C(Br)c1ccc(Br)cc1. The lowest BCUT2D eigenvalue weighted by atomic mass is 10.0. The minimum atomic E-state index is -0.315. The molecule has 0 saturated heterocycles. The molecule has 2 aromatic rings. The highest BCUT2D eigenvalue weighted by Crippen LogP contribution is 2.34. The number of hydrogen-bond donors (Lipinski definition) is 0. The Hall–Kier alpha value is 0.0300. The molecule has 0 heterocycles. The van der Waals surface area contributed by atoms with E-state index in [1.54, 1.807) is 0 Å². The lowest BCUT2D eigenvalue weighted by Gasteiger charge is -2.16. The van der Waals surface area contributed by atoms with Crippen LogP contribution < -0.4 is 0 Å². The van der Waals surface area contributed by atoms with Gasteiger partial charge in [0.15, 0.2) is 5.78 Å². The second-order valence-electron chi connectivity index (χ2n) is 4.23. The third-order valence-electron chi connectivity index (χ3n) is 2.82. The molecule has 2 aromatic carbocycles. The molecule has 0 fully saturated rings. The quantitative estimate of drug-likeness (QED) is 0.338. The summed E-state index contributed by atoms with van der Waals surface area (Å²) in [5.74, 6) is 0.0577. The van der Waals surface area contributed by atoms with Gasteiger partial charge in [-0.3, -0.25) is 4.79 Å². The van der Waals surface area contributed by atoms with Crippen molar-refractivity contribution in [3.63, 3.8) is 0 Å². The topological polar surface area (TPSA) is 17.1 Å². The molecule has 104 valence electrons. The molecule has 0 amide bonds.